The molecule has 0 amide bonds. The Bertz CT molecular complexity index is 1020. The monoisotopic (exact) mass is 397 g/mol. The molecule has 3 heterocycles. The molecule has 150 valence electrons. The van der Waals surface area contributed by atoms with Crippen molar-refractivity contribution in [1.82, 2.24) is 14.8 Å². The summed E-state index contributed by atoms with van der Waals surface area (Å²) in [6, 6.07) is 9.54. The number of rotatable bonds is 4. The summed E-state index contributed by atoms with van der Waals surface area (Å²) in [5.41, 5.74) is 3.39. The normalized spacial score (nSPS) is 20.9. The van der Waals surface area contributed by atoms with Gasteiger partial charge in [-0.15, -0.1) is 5.10 Å². The summed E-state index contributed by atoms with van der Waals surface area (Å²) in [5, 5.41) is 7.53. The summed E-state index contributed by atoms with van der Waals surface area (Å²) in [6.45, 7) is 5.72. The number of ether oxygens (including phenoxy) is 1. The molecule has 29 heavy (non-hydrogen) atoms. The molecular weight excluding hydrogens is 376 g/mol. The van der Waals surface area contributed by atoms with Gasteiger partial charge in [-0.25, -0.2) is 13.5 Å². The van der Waals surface area contributed by atoms with E-state index in [-0.39, 0.29) is 5.69 Å². The molecule has 0 aliphatic carbocycles. The number of anilines is 3. The average molecular weight is 397 g/mol. The topological polar surface area (TPSA) is 55.2 Å². The van der Waals surface area contributed by atoms with Crippen molar-refractivity contribution in [2.24, 2.45) is 11.8 Å². The van der Waals surface area contributed by atoms with Crippen molar-refractivity contribution in [1.29, 1.82) is 0 Å². The van der Waals surface area contributed by atoms with Crippen molar-refractivity contribution in [3.8, 4) is 5.69 Å². The maximum absolute atomic E-state index is 13.5. The van der Waals surface area contributed by atoms with Crippen LogP contribution in [0.1, 0.15) is 5.56 Å². The fourth-order valence-corrected chi connectivity index (χ4v) is 4.08. The van der Waals surface area contributed by atoms with Crippen molar-refractivity contribution in [3.05, 3.63) is 59.9 Å². The lowest BCUT2D eigenvalue weighted by molar-refractivity contribution is 0.177. The first-order valence-corrected chi connectivity index (χ1v) is 9.64. The fraction of sp³-hybridized carbons (Fsp3) is 0.333. The highest BCUT2D eigenvalue weighted by atomic mass is 19.1. The molecule has 1 N–H and O–H groups in total. The number of hydrogen-bond acceptors (Lipinski definition) is 5. The van der Waals surface area contributed by atoms with E-state index in [9.17, 15) is 8.78 Å². The summed E-state index contributed by atoms with van der Waals surface area (Å²) in [4.78, 5) is 6.62. The third-order valence-electron chi connectivity index (χ3n) is 5.68. The molecule has 0 spiro atoms. The number of hydrogen-bond donors (Lipinski definition) is 1. The maximum atomic E-state index is 13.5. The Morgan fingerprint density at radius 3 is 2.45 bits per heavy atom. The predicted octanol–water partition coefficient (Wildman–Crippen LogP) is 3.68. The summed E-state index contributed by atoms with van der Waals surface area (Å²) in [6.07, 6.45) is 1.43. The molecule has 5 rings (SSSR count). The van der Waals surface area contributed by atoms with E-state index in [1.54, 1.807) is 0 Å². The minimum atomic E-state index is -0.658. The number of benzene rings is 2. The predicted molar refractivity (Wildman–Crippen MR) is 106 cm³/mol. The van der Waals surface area contributed by atoms with Crippen LogP contribution in [0.5, 0.6) is 0 Å². The fourth-order valence-electron chi connectivity index (χ4n) is 4.08. The molecule has 2 aromatic carbocycles. The molecule has 0 bridgehead atoms. The van der Waals surface area contributed by atoms with E-state index < -0.39 is 11.6 Å². The zero-order valence-electron chi connectivity index (χ0n) is 16.0. The first-order valence-electron chi connectivity index (χ1n) is 9.64. The van der Waals surface area contributed by atoms with Crippen molar-refractivity contribution < 1.29 is 13.5 Å². The van der Waals surface area contributed by atoms with Crippen molar-refractivity contribution in [2.75, 3.05) is 36.5 Å². The van der Waals surface area contributed by atoms with Gasteiger partial charge in [0, 0.05) is 42.4 Å². The number of halogens is 2. The Morgan fingerprint density at radius 1 is 1.00 bits per heavy atom. The second-order valence-corrected chi connectivity index (χ2v) is 7.73. The van der Waals surface area contributed by atoms with Crippen molar-refractivity contribution >= 4 is 17.3 Å². The van der Waals surface area contributed by atoms with Crippen molar-refractivity contribution in [2.45, 2.75) is 6.92 Å². The van der Waals surface area contributed by atoms with Gasteiger partial charge in [-0.1, -0.05) is 6.07 Å². The molecule has 0 radical (unpaired) electrons. The van der Waals surface area contributed by atoms with Gasteiger partial charge in [-0.05, 0) is 36.8 Å². The van der Waals surface area contributed by atoms with Crippen LogP contribution < -0.4 is 10.2 Å². The molecule has 1 aromatic heterocycles. The molecular formula is C21H21F2N5O. The smallest absolute Gasteiger partial charge is 0.246 e. The van der Waals surface area contributed by atoms with E-state index >= 15 is 0 Å². The number of fused-ring (bicyclic) bond motifs is 1. The standard InChI is InChI=1S/C21H21F2N5O/c1-13-2-3-18(27-8-14-10-29-11-15(14)9-27)7-20(13)25-21-24-12-28(26-21)19-5-16(22)4-17(23)6-19/h2-7,12,14-15H,8-11H2,1H3,(H,25,26). The van der Waals surface area contributed by atoms with Gasteiger partial charge in [-0.2, -0.15) is 4.98 Å². The third kappa shape index (κ3) is 3.55. The Kier molecular flexibility index (Phi) is 4.43. The van der Waals surface area contributed by atoms with Crippen LogP contribution in [0.25, 0.3) is 5.69 Å². The van der Waals surface area contributed by atoms with Gasteiger partial charge < -0.3 is 15.0 Å². The van der Waals surface area contributed by atoms with E-state index in [1.807, 2.05) is 6.92 Å². The van der Waals surface area contributed by atoms with E-state index in [4.69, 9.17) is 4.74 Å². The second kappa shape index (κ2) is 7.11. The molecule has 6 nitrogen and oxygen atoms in total. The van der Waals surface area contributed by atoms with Crippen molar-refractivity contribution in [3.63, 3.8) is 0 Å². The van der Waals surface area contributed by atoms with E-state index in [0.29, 0.717) is 17.8 Å². The lowest BCUT2D eigenvalue weighted by Crippen LogP contribution is -2.22. The number of nitrogens with zero attached hydrogens (tertiary/aromatic N) is 4. The highest BCUT2D eigenvalue weighted by molar-refractivity contribution is 5.66. The van der Waals surface area contributed by atoms with Gasteiger partial charge in [0.25, 0.3) is 0 Å². The quantitative estimate of drug-likeness (QED) is 0.728. The summed E-state index contributed by atoms with van der Waals surface area (Å²) in [7, 11) is 0. The van der Waals surface area contributed by atoms with Crippen LogP contribution in [0.15, 0.2) is 42.7 Å². The van der Waals surface area contributed by atoms with Gasteiger partial charge in [-0.3, -0.25) is 0 Å². The van der Waals surface area contributed by atoms with Crippen LogP contribution in [0.3, 0.4) is 0 Å². The van der Waals surface area contributed by atoms with Gasteiger partial charge in [0.15, 0.2) is 0 Å². The van der Waals surface area contributed by atoms with Crippen LogP contribution in [-0.4, -0.2) is 41.1 Å². The van der Waals surface area contributed by atoms with Crippen LogP contribution in [0.2, 0.25) is 0 Å². The van der Waals surface area contributed by atoms with Crippen LogP contribution in [-0.2, 0) is 4.74 Å². The lowest BCUT2D eigenvalue weighted by atomic mass is 10.0. The molecule has 3 aromatic rings. The van der Waals surface area contributed by atoms with Gasteiger partial charge in [0.1, 0.15) is 18.0 Å². The summed E-state index contributed by atoms with van der Waals surface area (Å²) < 4.78 is 33.8. The summed E-state index contributed by atoms with van der Waals surface area (Å²) >= 11 is 0. The minimum Gasteiger partial charge on any atom is -0.381 e. The Morgan fingerprint density at radius 2 is 1.72 bits per heavy atom. The van der Waals surface area contributed by atoms with Gasteiger partial charge in [0.05, 0.1) is 18.9 Å². The second-order valence-electron chi connectivity index (χ2n) is 7.73. The summed E-state index contributed by atoms with van der Waals surface area (Å²) in [5.74, 6) is 0.263. The molecule has 2 aliphatic rings. The zero-order valence-corrected chi connectivity index (χ0v) is 16.0. The van der Waals surface area contributed by atoms with Crippen LogP contribution in [0, 0.1) is 30.4 Å². The number of aryl methyl sites for hydroxylation is 1. The average Bonchev–Trinajstić information content (AvgIpc) is 3.38. The van der Waals surface area contributed by atoms with E-state index in [2.05, 4.69) is 38.5 Å². The molecule has 2 aliphatic heterocycles. The highest BCUT2D eigenvalue weighted by Crippen LogP contribution is 2.34. The zero-order chi connectivity index (χ0) is 20.0. The number of nitrogens with one attached hydrogen (secondary N) is 1. The Balaban J connectivity index is 1.36. The lowest BCUT2D eigenvalue weighted by Gasteiger charge is -2.21. The Hall–Kier alpha value is -3.00. The first-order chi connectivity index (χ1) is 14.0. The van der Waals surface area contributed by atoms with E-state index in [0.717, 1.165) is 49.3 Å². The first kappa shape index (κ1) is 18.1. The Labute approximate surface area is 167 Å². The highest BCUT2D eigenvalue weighted by Gasteiger charge is 2.37. The maximum Gasteiger partial charge on any atom is 0.246 e. The molecule has 2 fully saturated rings. The van der Waals surface area contributed by atoms with E-state index in [1.165, 1.54) is 23.1 Å². The third-order valence-corrected chi connectivity index (χ3v) is 5.68. The molecule has 2 unspecified atom stereocenters. The van der Waals surface area contributed by atoms with Gasteiger partial charge in [0.2, 0.25) is 5.95 Å². The van der Waals surface area contributed by atoms with Crippen LogP contribution >= 0.6 is 0 Å². The molecule has 2 atom stereocenters. The SMILES string of the molecule is Cc1ccc(N2CC3COCC3C2)cc1Nc1ncn(-c2cc(F)cc(F)c2)n1. The largest absolute Gasteiger partial charge is 0.381 e. The minimum absolute atomic E-state index is 0.277. The molecule has 8 heteroatoms. The van der Waals surface area contributed by atoms with Crippen LogP contribution in [0.4, 0.5) is 26.1 Å². The molecule has 2 saturated heterocycles. The number of aromatic nitrogens is 3. The van der Waals surface area contributed by atoms with Gasteiger partial charge >= 0.3 is 0 Å². The molecule has 0 saturated carbocycles.